The van der Waals surface area contributed by atoms with Crippen molar-refractivity contribution in [2.24, 2.45) is 0 Å². The summed E-state index contributed by atoms with van der Waals surface area (Å²) in [4.78, 5) is 0. The lowest BCUT2D eigenvalue weighted by molar-refractivity contribution is 0.551. The van der Waals surface area contributed by atoms with Crippen molar-refractivity contribution in [1.29, 1.82) is 0 Å². The van der Waals surface area contributed by atoms with E-state index in [4.69, 9.17) is 0 Å². The van der Waals surface area contributed by atoms with Crippen molar-refractivity contribution in [2.75, 3.05) is 0 Å². The first-order chi connectivity index (χ1) is 12.8. The topological polar surface area (TPSA) is 0 Å². The van der Waals surface area contributed by atoms with Crippen molar-refractivity contribution in [3.63, 3.8) is 0 Å². The minimum Gasteiger partial charge on any atom is -0.0620 e. The summed E-state index contributed by atoms with van der Waals surface area (Å²) in [5, 5.41) is 0. The van der Waals surface area contributed by atoms with Gasteiger partial charge in [0.15, 0.2) is 0 Å². The molecule has 0 heteroatoms. The van der Waals surface area contributed by atoms with Crippen molar-refractivity contribution in [3.05, 3.63) is 70.8 Å². The molecule has 0 aliphatic rings. The summed E-state index contributed by atoms with van der Waals surface area (Å²) in [6.07, 6.45) is 16.6. The van der Waals surface area contributed by atoms with Crippen LogP contribution in [0, 0.1) is 13.8 Å². The zero-order chi connectivity index (χ0) is 18.5. The number of aryl methyl sites for hydroxylation is 4. The zero-order valence-electron chi connectivity index (χ0n) is 17.1. The Balaban J connectivity index is 1.37. The van der Waals surface area contributed by atoms with Crippen LogP contribution in [0.4, 0.5) is 0 Å². The SMILES string of the molecule is Cc1ccccc1CCCCCCCCCCCCc1ccccc1C. The van der Waals surface area contributed by atoms with Crippen LogP contribution < -0.4 is 0 Å². The highest BCUT2D eigenvalue weighted by Crippen LogP contribution is 2.16. The Kier molecular flexibility index (Phi) is 10.2. The van der Waals surface area contributed by atoms with Crippen molar-refractivity contribution in [3.8, 4) is 0 Å². The minimum absolute atomic E-state index is 1.26. The van der Waals surface area contributed by atoms with E-state index in [1.165, 1.54) is 99.3 Å². The van der Waals surface area contributed by atoms with Crippen molar-refractivity contribution in [1.82, 2.24) is 0 Å². The molecule has 0 aliphatic heterocycles. The third kappa shape index (κ3) is 8.21. The predicted octanol–water partition coefficient (Wildman–Crippen LogP) is 7.99. The van der Waals surface area contributed by atoms with E-state index in [1.54, 1.807) is 0 Å². The molecule has 0 bridgehead atoms. The van der Waals surface area contributed by atoms with Crippen molar-refractivity contribution >= 4 is 0 Å². The van der Waals surface area contributed by atoms with E-state index in [0.717, 1.165) is 0 Å². The van der Waals surface area contributed by atoms with E-state index in [2.05, 4.69) is 62.4 Å². The van der Waals surface area contributed by atoms with Crippen LogP contribution in [0.15, 0.2) is 48.5 Å². The fourth-order valence-corrected chi connectivity index (χ4v) is 3.83. The molecule has 0 saturated carbocycles. The fraction of sp³-hybridized carbons (Fsp3) is 0.538. The molecule has 0 spiro atoms. The number of rotatable bonds is 13. The molecule has 0 nitrogen and oxygen atoms in total. The summed E-state index contributed by atoms with van der Waals surface area (Å²) >= 11 is 0. The van der Waals surface area contributed by atoms with Crippen LogP contribution in [0.2, 0.25) is 0 Å². The van der Waals surface area contributed by atoms with Crippen LogP contribution in [-0.2, 0) is 12.8 Å². The summed E-state index contributed by atoms with van der Waals surface area (Å²) < 4.78 is 0. The molecular weight excluding hydrogens is 312 g/mol. The van der Waals surface area contributed by atoms with Crippen LogP contribution in [0.25, 0.3) is 0 Å². The van der Waals surface area contributed by atoms with Crippen molar-refractivity contribution < 1.29 is 0 Å². The highest BCUT2D eigenvalue weighted by molar-refractivity contribution is 5.26. The molecule has 0 N–H and O–H groups in total. The van der Waals surface area contributed by atoms with Crippen LogP contribution in [0.1, 0.15) is 86.5 Å². The van der Waals surface area contributed by atoms with E-state index in [1.807, 2.05) is 0 Å². The van der Waals surface area contributed by atoms with Crippen molar-refractivity contribution in [2.45, 2.75) is 90.9 Å². The summed E-state index contributed by atoms with van der Waals surface area (Å²) in [6, 6.07) is 17.7. The Labute approximate surface area is 162 Å². The second-order valence-electron chi connectivity index (χ2n) is 7.89. The monoisotopic (exact) mass is 350 g/mol. The van der Waals surface area contributed by atoms with Gasteiger partial charge in [-0.2, -0.15) is 0 Å². The molecule has 2 aromatic rings. The van der Waals surface area contributed by atoms with E-state index in [9.17, 15) is 0 Å². The quantitative estimate of drug-likeness (QED) is 0.321. The largest absolute Gasteiger partial charge is 0.0620 e. The molecule has 0 atom stereocenters. The zero-order valence-corrected chi connectivity index (χ0v) is 17.1. The van der Waals surface area contributed by atoms with Crippen LogP contribution >= 0.6 is 0 Å². The van der Waals surface area contributed by atoms with Gasteiger partial charge in [0.2, 0.25) is 0 Å². The minimum atomic E-state index is 1.26. The second-order valence-corrected chi connectivity index (χ2v) is 7.89. The van der Waals surface area contributed by atoms with Gasteiger partial charge in [-0.25, -0.2) is 0 Å². The lowest BCUT2D eigenvalue weighted by Crippen LogP contribution is -1.90. The molecular formula is C26H38. The molecule has 0 unspecified atom stereocenters. The van der Waals surface area contributed by atoms with Gasteiger partial charge in [0.25, 0.3) is 0 Å². The average molecular weight is 351 g/mol. The van der Waals surface area contributed by atoms with E-state index >= 15 is 0 Å². The number of benzene rings is 2. The Bertz CT molecular complexity index is 555. The molecule has 2 aromatic carbocycles. The number of hydrogen-bond acceptors (Lipinski definition) is 0. The van der Waals surface area contributed by atoms with Gasteiger partial charge in [0.05, 0.1) is 0 Å². The van der Waals surface area contributed by atoms with Gasteiger partial charge in [-0.3, -0.25) is 0 Å². The third-order valence-electron chi connectivity index (χ3n) is 5.66. The fourth-order valence-electron chi connectivity index (χ4n) is 3.83. The first-order valence-corrected chi connectivity index (χ1v) is 10.9. The van der Waals surface area contributed by atoms with Crippen LogP contribution in [-0.4, -0.2) is 0 Å². The second kappa shape index (κ2) is 12.7. The van der Waals surface area contributed by atoms with E-state index in [0.29, 0.717) is 0 Å². The van der Waals surface area contributed by atoms with E-state index < -0.39 is 0 Å². The molecule has 0 aromatic heterocycles. The lowest BCUT2D eigenvalue weighted by Gasteiger charge is -2.06. The smallest absolute Gasteiger partial charge is 0.0276 e. The van der Waals surface area contributed by atoms with Crippen LogP contribution in [0.3, 0.4) is 0 Å². The van der Waals surface area contributed by atoms with Gasteiger partial charge in [0, 0.05) is 0 Å². The molecule has 0 heterocycles. The summed E-state index contributed by atoms with van der Waals surface area (Å²) in [6.45, 7) is 4.46. The molecule has 26 heavy (non-hydrogen) atoms. The normalized spacial score (nSPS) is 11.0. The number of hydrogen-bond donors (Lipinski definition) is 0. The Morgan fingerprint density at radius 2 is 0.731 bits per heavy atom. The van der Waals surface area contributed by atoms with Gasteiger partial charge in [-0.1, -0.05) is 99.9 Å². The Hall–Kier alpha value is -1.56. The molecule has 0 fully saturated rings. The Morgan fingerprint density at radius 1 is 0.423 bits per heavy atom. The first-order valence-electron chi connectivity index (χ1n) is 10.9. The molecule has 0 saturated heterocycles. The first kappa shape index (κ1) is 20.7. The highest BCUT2D eigenvalue weighted by atomic mass is 14.0. The molecule has 0 amide bonds. The summed E-state index contributed by atoms with van der Waals surface area (Å²) in [7, 11) is 0. The number of unbranched alkanes of at least 4 members (excludes halogenated alkanes) is 9. The van der Waals surface area contributed by atoms with Crippen LogP contribution in [0.5, 0.6) is 0 Å². The molecule has 142 valence electrons. The molecule has 0 aliphatic carbocycles. The average Bonchev–Trinajstić information content (AvgIpc) is 2.65. The molecule has 2 rings (SSSR count). The molecule has 0 radical (unpaired) electrons. The maximum absolute atomic E-state index is 2.29. The van der Waals surface area contributed by atoms with Gasteiger partial charge in [0.1, 0.15) is 0 Å². The van der Waals surface area contributed by atoms with Gasteiger partial charge in [-0.15, -0.1) is 0 Å². The maximum Gasteiger partial charge on any atom is -0.0276 e. The standard InChI is InChI=1S/C26H38/c1-23-17-13-15-21-25(23)19-11-9-7-5-3-4-6-8-10-12-20-26-22-16-14-18-24(26)2/h13-18,21-22H,3-12,19-20H2,1-2H3. The van der Waals surface area contributed by atoms with Gasteiger partial charge < -0.3 is 0 Å². The highest BCUT2D eigenvalue weighted by Gasteiger charge is 1.99. The van der Waals surface area contributed by atoms with Gasteiger partial charge >= 0.3 is 0 Å². The summed E-state index contributed by atoms with van der Waals surface area (Å²) in [5.74, 6) is 0. The predicted molar refractivity (Wildman–Crippen MR) is 116 cm³/mol. The van der Waals surface area contributed by atoms with E-state index in [-0.39, 0.29) is 0 Å². The van der Waals surface area contributed by atoms with Gasteiger partial charge in [-0.05, 0) is 61.8 Å². The summed E-state index contributed by atoms with van der Waals surface area (Å²) in [5.41, 5.74) is 5.99. The maximum atomic E-state index is 2.29. The Morgan fingerprint density at radius 3 is 1.08 bits per heavy atom. The third-order valence-corrected chi connectivity index (χ3v) is 5.66. The lowest BCUT2D eigenvalue weighted by atomic mass is 10.00.